The Balaban J connectivity index is 2.40. The van der Waals surface area contributed by atoms with Crippen molar-refractivity contribution < 1.29 is 0 Å². The van der Waals surface area contributed by atoms with Crippen LogP contribution in [-0.4, -0.2) is 11.5 Å². The maximum absolute atomic E-state index is 9.38. The second-order valence-electron chi connectivity index (χ2n) is 4.85. The van der Waals surface area contributed by atoms with Crippen LogP contribution < -0.4 is 4.90 Å². The van der Waals surface area contributed by atoms with E-state index < -0.39 is 0 Å². The lowest BCUT2D eigenvalue weighted by Crippen LogP contribution is -2.23. The van der Waals surface area contributed by atoms with Gasteiger partial charge >= 0.3 is 0 Å². The maximum atomic E-state index is 9.38. The fourth-order valence-corrected chi connectivity index (χ4v) is 2.37. The van der Waals surface area contributed by atoms with Gasteiger partial charge in [-0.3, -0.25) is 4.98 Å². The van der Waals surface area contributed by atoms with E-state index in [1.54, 1.807) is 0 Å². The van der Waals surface area contributed by atoms with E-state index in [0.29, 0.717) is 5.56 Å². The molecule has 0 bridgehead atoms. The summed E-state index contributed by atoms with van der Waals surface area (Å²) in [7, 11) is 0. The van der Waals surface area contributed by atoms with Gasteiger partial charge in [0.15, 0.2) is 0 Å². The lowest BCUT2D eigenvalue weighted by molar-refractivity contribution is 0.825. The van der Waals surface area contributed by atoms with Crippen molar-refractivity contribution in [2.75, 3.05) is 11.4 Å². The molecule has 2 rings (SSSR count). The van der Waals surface area contributed by atoms with Crippen molar-refractivity contribution >= 4 is 5.69 Å². The maximum Gasteiger partial charge on any atom is 0.103 e. The summed E-state index contributed by atoms with van der Waals surface area (Å²) in [5.74, 6) is 0. The van der Waals surface area contributed by atoms with Crippen molar-refractivity contribution in [1.29, 1.82) is 5.26 Å². The van der Waals surface area contributed by atoms with Gasteiger partial charge in [-0.1, -0.05) is 30.3 Å². The lowest BCUT2D eigenvalue weighted by atomic mass is 10.1. The molecule has 1 aromatic carbocycles. The highest BCUT2D eigenvalue weighted by atomic mass is 15.1. The molecule has 0 unspecified atom stereocenters. The van der Waals surface area contributed by atoms with Crippen LogP contribution in [-0.2, 0) is 6.54 Å². The topological polar surface area (TPSA) is 39.9 Å². The Labute approximate surface area is 120 Å². The Morgan fingerprint density at radius 2 is 1.90 bits per heavy atom. The number of hydrogen-bond acceptors (Lipinski definition) is 3. The predicted molar refractivity (Wildman–Crippen MR) is 81.6 cm³/mol. The van der Waals surface area contributed by atoms with Crippen LogP contribution >= 0.6 is 0 Å². The number of aryl methyl sites for hydroxylation is 2. The summed E-state index contributed by atoms with van der Waals surface area (Å²) in [5.41, 5.74) is 4.64. The molecule has 2 aromatic rings. The van der Waals surface area contributed by atoms with Crippen molar-refractivity contribution in [1.82, 2.24) is 4.98 Å². The summed E-state index contributed by atoms with van der Waals surface area (Å²) in [6.07, 6.45) is 0. The van der Waals surface area contributed by atoms with Crippen molar-refractivity contribution in [3.63, 3.8) is 0 Å². The summed E-state index contributed by atoms with van der Waals surface area (Å²) in [5, 5.41) is 9.38. The second-order valence-corrected chi connectivity index (χ2v) is 4.85. The molecule has 0 fully saturated rings. The molecular formula is C17H19N3. The first-order chi connectivity index (χ1) is 9.65. The molecular weight excluding hydrogens is 246 g/mol. The molecule has 20 heavy (non-hydrogen) atoms. The Kier molecular flexibility index (Phi) is 4.37. The molecule has 0 aliphatic heterocycles. The minimum Gasteiger partial charge on any atom is -0.366 e. The fourth-order valence-electron chi connectivity index (χ4n) is 2.37. The average Bonchev–Trinajstić information content (AvgIpc) is 2.45. The van der Waals surface area contributed by atoms with Gasteiger partial charge in [0.25, 0.3) is 0 Å². The quantitative estimate of drug-likeness (QED) is 0.848. The number of benzene rings is 1. The molecule has 0 spiro atoms. The van der Waals surface area contributed by atoms with Crippen LogP contribution in [0.5, 0.6) is 0 Å². The Hall–Kier alpha value is -2.34. The Bertz CT molecular complexity index is 627. The van der Waals surface area contributed by atoms with Crippen LogP contribution in [0.3, 0.4) is 0 Å². The Morgan fingerprint density at radius 3 is 2.50 bits per heavy atom. The number of hydrogen-bond donors (Lipinski definition) is 0. The van der Waals surface area contributed by atoms with Gasteiger partial charge < -0.3 is 4.90 Å². The van der Waals surface area contributed by atoms with Crippen LogP contribution in [0.4, 0.5) is 5.69 Å². The smallest absolute Gasteiger partial charge is 0.103 e. The van der Waals surface area contributed by atoms with Gasteiger partial charge in [0.1, 0.15) is 6.07 Å². The van der Waals surface area contributed by atoms with E-state index in [4.69, 9.17) is 0 Å². The van der Waals surface area contributed by atoms with Gasteiger partial charge in [-0.15, -0.1) is 0 Å². The minimum atomic E-state index is 0.674. The molecule has 0 N–H and O–H groups in total. The summed E-state index contributed by atoms with van der Waals surface area (Å²) in [4.78, 5) is 6.60. The molecule has 0 atom stereocenters. The molecule has 1 heterocycles. The summed E-state index contributed by atoms with van der Waals surface area (Å²) >= 11 is 0. The van der Waals surface area contributed by atoms with Crippen LogP contribution in [0, 0.1) is 25.2 Å². The lowest BCUT2D eigenvalue weighted by Gasteiger charge is -2.25. The van der Waals surface area contributed by atoms with E-state index in [1.807, 2.05) is 38.1 Å². The SMILES string of the molecule is CCN(Cc1ccccc1)c1cc(C)nc(C)c1C#N. The van der Waals surface area contributed by atoms with Crippen molar-refractivity contribution in [3.8, 4) is 6.07 Å². The third kappa shape index (κ3) is 2.97. The molecule has 0 saturated heterocycles. The van der Waals surface area contributed by atoms with E-state index in [9.17, 15) is 5.26 Å². The van der Waals surface area contributed by atoms with Crippen LogP contribution in [0.2, 0.25) is 0 Å². The Morgan fingerprint density at radius 1 is 1.20 bits per heavy atom. The summed E-state index contributed by atoms with van der Waals surface area (Å²) in [6.45, 7) is 7.62. The number of nitriles is 1. The first-order valence-electron chi connectivity index (χ1n) is 6.83. The van der Waals surface area contributed by atoms with Crippen molar-refractivity contribution in [3.05, 3.63) is 58.9 Å². The molecule has 0 radical (unpaired) electrons. The molecule has 0 saturated carbocycles. The first-order valence-corrected chi connectivity index (χ1v) is 6.83. The molecule has 3 heteroatoms. The second kappa shape index (κ2) is 6.21. The van der Waals surface area contributed by atoms with Gasteiger partial charge in [-0.2, -0.15) is 5.26 Å². The van der Waals surface area contributed by atoms with E-state index in [1.165, 1.54) is 5.56 Å². The average molecular weight is 265 g/mol. The zero-order chi connectivity index (χ0) is 14.5. The standard InChI is InChI=1S/C17H19N3/c1-4-20(12-15-8-6-5-7-9-15)17-10-13(2)19-14(3)16(17)11-18/h5-10H,4,12H2,1-3H3. The van der Waals surface area contributed by atoms with Gasteiger partial charge in [0, 0.05) is 18.8 Å². The van der Waals surface area contributed by atoms with Gasteiger partial charge in [0.2, 0.25) is 0 Å². The zero-order valence-electron chi connectivity index (χ0n) is 12.2. The zero-order valence-corrected chi connectivity index (χ0v) is 12.2. The molecule has 0 aliphatic carbocycles. The number of nitrogens with zero attached hydrogens (tertiary/aromatic N) is 3. The monoisotopic (exact) mass is 265 g/mol. The van der Waals surface area contributed by atoms with E-state index >= 15 is 0 Å². The highest BCUT2D eigenvalue weighted by Gasteiger charge is 2.14. The van der Waals surface area contributed by atoms with Crippen LogP contribution in [0.25, 0.3) is 0 Å². The first kappa shape index (κ1) is 14.1. The number of rotatable bonds is 4. The number of anilines is 1. The van der Waals surface area contributed by atoms with Gasteiger partial charge in [0.05, 0.1) is 16.9 Å². The normalized spacial score (nSPS) is 10.1. The van der Waals surface area contributed by atoms with Gasteiger partial charge in [-0.25, -0.2) is 0 Å². The van der Waals surface area contributed by atoms with Crippen molar-refractivity contribution in [2.45, 2.75) is 27.3 Å². The number of pyridine rings is 1. The van der Waals surface area contributed by atoms with Crippen LogP contribution in [0.1, 0.15) is 29.4 Å². The molecule has 3 nitrogen and oxygen atoms in total. The summed E-state index contributed by atoms with van der Waals surface area (Å²) < 4.78 is 0. The van der Waals surface area contributed by atoms with Gasteiger partial charge in [-0.05, 0) is 32.4 Å². The summed E-state index contributed by atoms with van der Waals surface area (Å²) in [6, 6.07) is 14.6. The van der Waals surface area contributed by atoms with Crippen LogP contribution in [0.15, 0.2) is 36.4 Å². The van der Waals surface area contributed by atoms with E-state index in [2.05, 4.69) is 35.0 Å². The predicted octanol–water partition coefficient (Wildman–Crippen LogP) is 3.60. The molecule has 0 amide bonds. The third-order valence-corrected chi connectivity index (χ3v) is 3.36. The van der Waals surface area contributed by atoms with Crippen molar-refractivity contribution in [2.24, 2.45) is 0 Å². The molecule has 0 aliphatic rings. The number of aromatic nitrogens is 1. The fraction of sp³-hybridized carbons (Fsp3) is 0.294. The largest absolute Gasteiger partial charge is 0.366 e. The minimum absolute atomic E-state index is 0.674. The third-order valence-electron chi connectivity index (χ3n) is 3.36. The van der Waals surface area contributed by atoms with E-state index in [-0.39, 0.29) is 0 Å². The highest BCUT2D eigenvalue weighted by Crippen LogP contribution is 2.24. The highest BCUT2D eigenvalue weighted by molar-refractivity contribution is 5.61. The van der Waals surface area contributed by atoms with E-state index in [0.717, 1.165) is 30.2 Å². The molecule has 102 valence electrons. The molecule has 1 aromatic heterocycles.